The quantitative estimate of drug-likeness (QED) is 0.504. The van der Waals surface area contributed by atoms with Gasteiger partial charge in [0.1, 0.15) is 6.04 Å². The Kier molecular flexibility index (Phi) is 5.35. The molecule has 0 N–H and O–H groups in total. The zero-order chi connectivity index (χ0) is 16.0. The van der Waals surface area contributed by atoms with Gasteiger partial charge in [-0.1, -0.05) is 73.8 Å². The topological polar surface area (TPSA) is 0 Å². The molecule has 1 atom stereocenters. The second-order valence-electron chi connectivity index (χ2n) is 6.29. The van der Waals surface area contributed by atoms with Crippen LogP contribution in [-0.2, 0) is 6.42 Å². The maximum absolute atomic E-state index is 4.05. The summed E-state index contributed by atoms with van der Waals surface area (Å²) < 4.78 is 0.900. The van der Waals surface area contributed by atoms with Crippen LogP contribution in [0, 0.1) is 0 Å². The Morgan fingerprint density at radius 2 is 1.59 bits per heavy atom. The van der Waals surface area contributed by atoms with E-state index in [1.807, 2.05) is 6.08 Å². The molecule has 1 nitrogen and oxygen atoms in total. The molecular weight excluding hydrogens is 266 g/mol. The fraction of sp³-hybridized carbons (Fsp3) is 0.238. The summed E-state index contributed by atoms with van der Waals surface area (Å²) >= 11 is 0. The SMILES string of the molecule is C=Cc1ccc(CC[N+](C)(C)C(C=C)c2ccccc2)cc1. The molecule has 0 saturated heterocycles. The standard InChI is InChI=1S/C21H26N/c1-5-18-12-14-19(15-13-18)16-17-22(3,4)21(6-2)20-10-8-7-9-11-20/h5-15,21H,1-2,16-17H2,3-4H3/q+1. The van der Waals surface area contributed by atoms with Crippen molar-refractivity contribution >= 4 is 6.08 Å². The molecule has 114 valence electrons. The molecule has 1 heteroatoms. The number of benzene rings is 2. The van der Waals surface area contributed by atoms with E-state index in [9.17, 15) is 0 Å². The van der Waals surface area contributed by atoms with Crippen molar-refractivity contribution in [3.05, 3.63) is 90.5 Å². The van der Waals surface area contributed by atoms with Gasteiger partial charge in [-0.3, -0.25) is 0 Å². The minimum absolute atomic E-state index is 0.314. The average Bonchev–Trinajstić information content (AvgIpc) is 2.55. The molecule has 22 heavy (non-hydrogen) atoms. The molecule has 0 aliphatic carbocycles. The van der Waals surface area contributed by atoms with Crippen LogP contribution >= 0.6 is 0 Å². The highest BCUT2D eigenvalue weighted by molar-refractivity contribution is 5.47. The predicted octanol–water partition coefficient (Wildman–Crippen LogP) is 4.88. The zero-order valence-electron chi connectivity index (χ0n) is 13.7. The van der Waals surface area contributed by atoms with Crippen LogP contribution in [0.3, 0.4) is 0 Å². The molecule has 0 aromatic heterocycles. The van der Waals surface area contributed by atoms with E-state index < -0.39 is 0 Å². The normalized spacial score (nSPS) is 12.6. The summed E-state index contributed by atoms with van der Waals surface area (Å²) in [6.07, 6.45) is 5.00. The van der Waals surface area contributed by atoms with Gasteiger partial charge in [0, 0.05) is 12.0 Å². The van der Waals surface area contributed by atoms with Crippen LogP contribution in [0.1, 0.15) is 22.7 Å². The molecule has 0 spiro atoms. The third-order valence-electron chi connectivity index (χ3n) is 4.31. The zero-order valence-corrected chi connectivity index (χ0v) is 13.7. The van der Waals surface area contributed by atoms with Crippen LogP contribution in [0.4, 0.5) is 0 Å². The van der Waals surface area contributed by atoms with Gasteiger partial charge in [0.05, 0.1) is 20.6 Å². The molecule has 0 fully saturated rings. The number of nitrogens with zero attached hydrogens (tertiary/aromatic N) is 1. The van der Waals surface area contributed by atoms with Crippen molar-refractivity contribution in [1.29, 1.82) is 0 Å². The molecule has 2 aromatic carbocycles. The van der Waals surface area contributed by atoms with Crippen LogP contribution in [0.2, 0.25) is 0 Å². The summed E-state index contributed by atoms with van der Waals surface area (Å²) in [6.45, 7) is 8.92. The minimum atomic E-state index is 0.314. The van der Waals surface area contributed by atoms with Crippen molar-refractivity contribution in [3.8, 4) is 0 Å². The van der Waals surface area contributed by atoms with Crippen LogP contribution < -0.4 is 0 Å². The van der Waals surface area contributed by atoms with Crippen molar-refractivity contribution in [2.24, 2.45) is 0 Å². The Morgan fingerprint density at radius 1 is 0.955 bits per heavy atom. The molecule has 0 radical (unpaired) electrons. The summed E-state index contributed by atoms with van der Waals surface area (Å²) in [4.78, 5) is 0. The second-order valence-corrected chi connectivity index (χ2v) is 6.29. The molecule has 1 unspecified atom stereocenters. The maximum Gasteiger partial charge on any atom is 0.133 e. The largest absolute Gasteiger partial charge is 0.319 e. The van der Waals surface area contributed by atoms with Gasteiger partial charge in [-0.05, 0) is 17.2 Å². The summed E-state index contributed by atoms with van der Waals surface area (Å²) in [5.74, 6) is 0. The first kappa shape index (κ1) is 16.3. The van der Waals surface area contributed by atoms with Crippen molar-refractivity contribution in [3.63, 3.8) is 0 Å². The fourth-order valence-corrected chi connectivity index (χ4v) is 2.85. The summed E-state index contributed by atoms with van der Waals surface area (Å²) in [6, 6.07) is 19.6. The number of rotatable bonds is 7. The van der Waals surface area contributed by atoms with Crippen molar-refractivity contribution in [1.82, 2.24) is 0 Å². The lowest BCUT2D eigenvalue weighted by Crippen LogP contribution is -2.43. The van der Waals surface area contributed by atoms with Gasteiger partial charge in [-0.15, -0.1) is 0 Å². The lowest BCUT2D eigenvalue weighted by atomic mass is 10.0. The Morgan fingerprint density at radius 3 is 2.14 bits per heavy atom. The summed E-state index contributed by atoms with van der Waals surface area (Å²) in [7, 11) is 4.55. The Hall–Kier alpha value is -2.12. The highest BCUT2D eigenvalue weighted by Crippen LogP contribution is 2.26. The van der Waals surface area contributed by atoms with E-state index in [0.717, 1.165) is 17.4 Å². The first-order chi connectivity index (χ1) is 10.6. The van der Waals surface area contributed by atoms with E-state index in [4.69, 9.17) is 0 Å². The summed E-state index contributed by atoms with van der Waals surface area (Å²) in [5, 5.41) is 0. The minimum Gasteiger partial charge on any atom is -0.319 e. The van der Waals surface area contributed by atoms with Crippen LogP contribution in [-0.4, -0.2) is 25.1 Å². The van der Waals surface area contributed by atoms with E-state index in [-0.39, 0.29) is 0 Å². The van der Waals surface area contributed by atoms with Crippen LogP contribution in [0.15, 0.2) is 73.8 Å². The number of hydrogen-bond acceptors (Lipinski definition) is 0. The molecule has 0 amide bonds. The number of quaternary nitrogens is 1. The van der Waals surface area contributed by atoms with E-state index in [1.54, 1.807) is 0 Å². The average molecular weight is 292 g/mol. The molecule has 0 heterocycles. The third-order valence-corrected chi connectivity index (χ3v) is 4.31. The smallest absolute Gasteiger partial charge is 0.133 e. The van der Waals surface area contributed by atoms with Crippen LogP contribution in [0.25, 0.3) is 6.08 Å². The van der Waals surface area contributed by atoms with E-state index in [0.29, 0.717) is 6.04 Å². The van der Waals surface area contributed by atoms with Gasteiger partial charge in [0.25, 0.3) is 0 Å². The Labute approximate surface area is 134 Å². The van der Waals surface area contributed by atoms with Gasteiger partial charge in [-0.25, -0.2) is 0 Å². The van der Waals surface area contributed by atoms with Gasteiger partial charge in [0.15, 0.2) is 0 Å². The van der Waals surface area contributed by atoms with Gasteiger partial charge in [-0.2, -0.15) is 0 Å². The lowest BCUT2D eigenvalue weighted by molar-refractivity contribution is -0.914. The van der Waals surface area contributed by atoms with E-state index in [1.165, 1.54) is 16.7 Å². The molecule has 0 aliphatic heterocycles. The first-order valence-corrected chi connectivity index (χ1v) is 7.78. The lowest BCUT2D eigenvalue weighted by Gasteiger charge is -2.37. The predicted molar refractivity (Wildman–Crippen MR) is 96.6 cm³/mol. The first-order valence-electron chi connectivity index (χ1n) is 7.78. The highest BCUT2D eigenvalue weighted by Gasteiger charge is 2.26. The maximum atomic E-state index is 4.05. The van der Waals surface area contributed by atoms with Crippen molar-refractivity contribution < 1.29 is 4.48 Å². The fourth-order valence-electron chi connectivity index (χ4n) is 2.85. The van der Waals surface area contributed by atoms with E-state index >= 15 is 0 Å². The summed E-state index contributed by atoms with van der Waals surface area (Å²) in [5.41, 5.74) is 3.86. The van der Waals surface area contributed by atoms with E-state index in [2.05, 4.69) is 87.9 Å². The van der Waals surface area contributed by atoms with Gasteiger partial charge >= 0.3 is 0 Å². The molecule has 2 rings (SSSR count). The molecule has 0 saturated carbocycles. The van der Waals surface area contributed by atoms with Crippen molar-refractivity contribution in [2.45, 2.75) is 12.5 Å². The van der Waals surface area contributed by atoms with Gasteiger partial charge in [0.2, 0.25) is 0 Å². The molecule has 2 aromatic rings. The van der Waals surface area contributed by atoms with Crippen LogP contribution in [0.5, 0.6) is 0 Å². The second kappa shape index (κ2) is 7.24. The molecule has 0 bridgehead atoms. The Bertz CT molecular complexity index is 608. The number of hydrogen-bond donors (Lipinski definition) is 0. The van der Waals surface area contributed by atoms with Gasteiger partial charge < -0.3 is 4.48 Å². The number of likely N-dealkylation sites (N-methyl/N-ethyl adjacent to an activating group) is 1. The van der Waals surface area contributed by atoms with Crippen molar-refractivity contribution in [2.75, 3.05) is 20.6 Å². The Balaban J connectivity index is 2.08. The highest BCUT2D eigenvalue weighted by atomic mass is 15.3. The molecular formula is C21H26N+. The molecule has 0 aliphatic rings. The monoisotopic (exact) mass is 292 g/mol. The third kappa shape index (κ3) is 3.96.